The smallest absolute Gasteiger partial charge is 0.0528 e. The van der Waals surface area contributed by atoms with E-state index in [-0.39, 0.29) is 0 Å². The minimum absolute atomic E-state index is 0.431. The molecule has 3 atom stereocenters. The number of hydrazine groups is 1. The molecule has 1 aliphatic rings. The van der Waals surface area contributed by atoms with Gasteiger partial charge in [0.2, 0.25) is 0 Å². The predicted molar refractivity (Wildman–Crippen MR) is 70.1 cm³/mol. The Balaban J connectivity index is 2.12. The molecular formula is C12H24N4. The highest BCUT2D eigenvalue weighted by molar-refractivity contribution is 5.58. The van der Waals surface area contributed by atoms with Crippen LogP contribution in [0.2, 0.25) is 0 Å². The Bertz CT molecular complexity index is 237. The molecule has 0 aromatic heterocycles. The molecule has 92 valence electrons. The lowest BCUT2D eigenvalue weighted by Crippen LogP contribution is -2.27. The minimum Gasteiger partial charge on any atom is -0.298 e. The number of hydrogen-bond acceptors (Lipinski definition) is 4. The maximum Gasteiger partial charge on any atom is 0.0528 e. The van der Waals surface area contributed by atoms with E-state index >= 15 is 0 Å². The molecule has 0 saturated heterocycles. The van der Waals surface area contributed by atoms with Crippen LogP contribution in [-0.4, -0.2) is 43.6 Å². The second-order valence-electron chi connectivity index (χ2n) is 4.64. The molecule has 0 heterocycles. The van der Waals surface area contributed by atoms with E-state index in [0.717, 1.165) is 31.7 Å². The Morgan fingerprint density at radius 3 is 2.94 bits per heavy atom. The molecule has 0 amide bonds. The fourth-order valence-corrected chi connectivity index (χ4v) is 1.86. The van der Waals surface area contributed by atoms with Gasteiger partial charge in [-0.05, 0) is 38.3 Å². The van der Waals surface area contributed by atoms with Crippen molar-refractivity contribution in [1.82, 2.24) is 5.01 Å². The van der Waals surface area contributed by atoms with Crippen LogP contribution in [-0.2, 0) is 0 Å². The van der Waals surface area contributed by atoms with Gasteiger partial charge in [-0.2, -0.15) is 0 Å². The first-order chi connectivity index (χ1) is 7.67. The van der Waals surface area contributed by atoms with E-state index in [9.17, 15) is 0 Å². The summed E-state index contributed by atoms with van der Waals surface area (Å²) < 4.78 is 0. The summed E-state index contributed by atoms with van der Waals surface area (Å²) in [4.78, 5) is 8.66. The summed E-state index contributed by atoms with van der Waals surface area (Å²) >= 11 is 0. The van der Waals surface area contributed by atoms with Gasteiger partial charge in [0.1, 0.15) is 0 Å². The van der Waals surface area contributed by atoms with Crippen LogP contribution in [0.3, 0.4) is 0 Å². The fraction of sp³-hybridized carbons (Fsp3) is 0.833. The van der Waals surface area contributed by atoms with E-state index in [4.69, 9.17) is 5.84 Å². The van der Waals surface area contributed by atoms with Crippen molar-refractivity contribution in [2.24, 2.45) is 21.7 Å². The molecule has 16 heavy (non-hydrogen) atoms. The molecular weight excluding hydrogens is 200 g/mol. The van der Waals surface area contributed by atoms with Gasteiger partial charge < -0.3 is 0 Å². The van der Waals surface area contributed by atoms with E-state index in [1.165, 1.54) is 6.42 Å². The number of hydrogen-bond donors (Lipinski definition) is 1. The van der Waals surface area contributed by atoms with Crippen molar-refractivity contribution >= 4 is 12.9 Å². The first-order valence-electron chi connectivity index (χ1n) is 6.10. The van der Waals surface area contributed by atoms with Gasteiger partial charge in [0.15, 0.2) is 0 Å². The maximum absolute atomic E-state index is 5.51. The second kappa shape index (κ2) is 6.76. The van der Waals surface area contributed by atoms with Gasteiger partial charge in [-0.25, -0.2) is 5.01 Å². The van der Waals surface area contributed by atoms with Crippen LogP contribution in [0.5, 0.6) is 0 Å². The Kier molecular flexibility index (Phi) is 5.63. The largest absolute Gasteiger partial charge is 0.298 e. The third-order valence-corrected chi connectivity index (χ3v) is 3.10. The van der Waals surface area contributed by atoms with E-state index in [1.54, 1.807) is 5.01 Å². The molecule has 0 spiro atoms. The summed E-state index contributed by atoms with van der Waals surface area (Å²) in [7, 11) is 1.87. The van der Waals surface area contributed by atoms with E-state index < -0.39 is 0 Å². The van der Waals surface area contributed by atoms with Crippen LogP contribution >= 0.6 is 0 Å². The van der Waals surface area contributed by atoms with Gasteiger partial charge >= 0.3 is 0 Å². The topological polar surface area (TPSA) is 54.0 Å². The number of nitrogens with two attached hydrogens (primary N) is 1. The standard InChI is InChI=1S/C12H24N4/c1-4-11(14-2)8-10-9-12(10)15-6-5-7-16(3)13/h6,10-12H,2,4-5,7-9,13H2,1,3H3/t10-,11?,12+/m1/s1. The fourth-order valence-electron chi connectivity index (χ4n) is 1.86. The highest BCUT2D eigenvalue weighted by Gasteiger charge is 2.37. The number of rotatable bonds is 8. The van der Waals surface area contributed by atoms with Crippen molar-refractivity contribution in [3.8, 4) is 0 Å². The van der Waals surface area contributed by atoms with Crippen LogP contribution in [0.4, 0.5) is 0 Å². The monoisotopic (exact) mass is 224 g/mol. The molecule has 1 unspecified atom stereocenters. The normalized spacial score (nSPS) is 26.2. The van der Waals surface area contributed by atoms with Crippen molar-refractivity contribution in [2.45, 2.75) is 44.7 Å². The predicted octanol–water partition coefficient (Wildman–Crippen LogP) is 1.51. The molecule has 2 N–H and O–H groups in total. The number of aliphatic imine (C=N–C) groups is 2. The molecule has 0 radical (unpaired) electrons. The lowest BCUT2D eigenvalue weighted by atomic mass is 10.1. The van der Waals surface area contributed by atoms with Crippen molar-refractivity contribution in [3.05, 3.63) is 0 Å². The van der Waals surface area contributed by atoms with Gasteiger partial charge in [-0.3, -0.25) is 15.8 Å². The van der Waals surface area contributed by atoms with E-state index in [0.29, 0.717) is 12.1 Å². The summed E-state index contributed by atoms with van der Waals surface area (Å²) in [6.07, 6.45) is 6.41. The highest BCUT2D eigenvalue weighted by atomic mass is 15.4. The molecule has 0 aromatic carbocycles. The van der Waals surface area contributed by atoms with Gasteiger partial charge in [-0.1, -0.05) is 6.92 Å². The Morgan fingerprint density at radius 1 is 1.62 bits per heavy atom. The van der Waals surface area contributed by atoms with E-state index in [2.05, 4.69) is 23.6 Å². The second-order valence-corrected chi connectivity index (χ2v) is 4.64. The van der Waals surface area contributed by atoms with Crippen LogP contribution in [0, 0.1) is 5.92 Å². The van der Waals surface area contributed by atoms with Crippen LogP contribution in [0.25, 0.3) is 0 Å². The molecule has 0 aliphatic heterocycles. The first kappa shape index (κ1) is 13.3. The molecule has 1 aliphatic carbocycles. The van der Waals surface area contributed by atoms with Crippen molar-refractivity contribution in [2.75, 3.05) is 13.6 Å². The van der Waals surface area contributed by atoms with Crippen LogP contribution in [0.1, 0.15) is 32.6 Å². The summed E-state index contributed by atoms with van der Waals surface area (Å²) in [5.41, 5.74) is 0. The summed E-state index contributed by atoms with van der Waals surface area (Å²) in [6, 6.07) is 0.972. The number of nitrogens with zero attached hydrogens (tertiary/aromatic N) is 3. The Labute approximate surface area is 98.6 Å². The average Bonchev–Trinajstić information content (AvgIpc) is 2.99. The lowest BCUT2D eigenvalue weighted by molar-refractivity contribution is 0.361. The van der Waals surface area contributed by atoms with Crippen molar-refractivity contribution < 1.29 is 0 Å². The zero-order chi connectivity index (χ0) is 12.0. The quantitative estimate of drug-likeness (QED) is 0.386. The van der Waals surface area contributed by atoms with Crippen LogP contribution in [0.15, 0.2) is 9.98 Å². The molecule has 1 rings (SSSR count). The zero-order valence-electron chi connectivity index (χ0n) is 10.5. The minimum atomic E-state index is 0.431. The third kappa shape index (κ3) is 4.86. The maximum atomic E-state index is 5.51. The van der Waals surface area contributed by atoms with Crippen molar-refractivity contribution in [1.29, 1.82) is 0 Å². The zero-order valence-corrected chi connectivity index (χ0v) is 10.5. The molecule has 0 aromatic rings. The first-order valence-corrected chi connectivity index (χ1v) is 6.10. The highest BCUT2D eigenvalue weighted by Crippen LogP contribution is 2.38. The summed E-state index contributed by atoms with van der Waals surface area (Å²) in [6.45, 7) is 6.66. The lowest BCUT2D eigenvalue weighted by Gasteiger charge is -2.07. The van der Waals surface area contributed by atoms with Gasteiger partial charge in [0, 0.05) is 25.8 Å². The van der Waals surface area contributed by atoms with Crippen molar-refractivity contribution in [3.63, 3.8) is 0 Å². The van der Waals surface area contributed by atoms with Gasteiger partial charge in [0.25, 0.3) is 0 Å². The third-order valence-electron chi connectivity index (χ3n) is 3.10. The molecule has 0 bridgehead atoms. The molecule has 4 nitrogen and oxygen atoms in total. The summed E-state index contributed by atoms with van der Waals surface area (Å²) in [5, 5.41) is 1.69. The Morgan fingerprint density at radius 2 is 2.38 bits per heavy atom. The molecule has 4 heteroatoms. The SMILES string of the molecule is C=NC(CC)C[C@@H]1C[C@@H]1N=CCCN(C)N. The molecule has 1 fully saturated rings. The van der Waals surface area contributed by atoms with Gasteiger partial charge in [-0.15, -0.1) is 0 Å². The average molecular weight is 224 g/mol. The molecule has 1 saturated carbocycles. The summed E-state index contributed by atoms with van der Waals surface area (Å²) in [5.74, 6) is 6.24. The van der Waals surface area contributed by atoms with Gasteiger partial charge in [0.05, 0.1) is 6.04 Å². The van der Waals surface area contributed by atoms with Crippen LogP contribution < -0.4 is 5.84 Å². The Hall–Kier alpha value is -0.740. The van der Waals surface area contributed by atoms with E-state index in [1.807, 2.05) is 13.3 Å².